The van der Waals surface area contributed by atoms with Gasteiger partial charge in [0.05, 0.1) is 34.7 Å². The van der Waals surface area contributed by atoms with Gasteiger partial charge >= 0.3 is 0 Å². The van der Waals surface area contributed by atoms with E-state index in [1.165, 1.54) is 33.6 Å². The highest BCUT2D eigenvalue weighted by Crippen LogP contribution is 2.37. The maximum absolute atomic E-state index is 11.9. The van der Waals surface area contributed by atoms with Gasteiger partial charge in [-0.25, -0.2) is 0 Å². The molecule has 0 heterocycles. The van der Waals surface area contributed by atoms with Crippen molar-refractivity contribution in [2.24, 2.45) is 15.9 Å². The Bertz CT molecular complexity index is 927. The predicted octanol–water partition coefficient (Wildman–Crippen LogP) is 2.20. The van der Waals surface area contributed by atoms with E-state index in [0.29, 0.717) is 22.8 Å². The van der Waals surface area contributed by atoms with Crippen molar-refractivity contribution >= 4 is 24.2 Å². The number of nitrogens with zero attached hydrogens (tertiary/aromatic N) is 2. The minimum Gasteiger partial charge on any atom is -0.497 e. The first-order valence-electron chi connectivity index (χ1n) is 8.80. The fraction of sp³-hybridized carbons (Fsp3) is 0.190. The lowest BCUT2D eigenvalue weighted by Crippen LogP contribution is -2.35. The summed E-state index contributed by atoms with van der Waals surface area (Å²) in [5, 5.41) is 10.0. The Morgan fingerprint density at radius 2 is 1.57 bits per heavy atom. The number of guanidine groups is 1. The molecule has 0 aliphatic rings. The van der Waals surface area contributed by atoms with E-state index in [2.05, 4.69) is 15.5 Å². The van der Waals surface area contributed by atoms with E-state index in [4.69, 9.17) is 24.7 Å². The van der Waals surface area contributed by atoms with Gasteiger partial charge in [-0.2, -0.15) is 5.10 Å². The molecule has 158 valence electrons. The highest BCUT2D eigenvalue weighted by molar-refractivity contribution is 6.03. The van der Waals surface area contributed by atoms with Crippen LogP contribution in [0.2, 0.25) is 0 Å². The first-order chi connectivity index (χ1) is 14.5. The monoisotopic (exact) mass is 412 g/mol. The summed E-state index contributed by atoms with van der Waals surface area (Å²) in [4.78, 5) is 11.9. The second kappa shape index (κ2) is 11.1. The molecule has 9 heteroatoms. The molecule has 0 bridgehead atoms. The zero-order valence-electron chi connectivity index (χ0n) is 17.2. The van der Waals surface area contributed by atoms with Crippen LogP contribution in [0, 0.1) is 0 Å². The molecule has 30 heavy (non-hydrogen) atoms. The number of amides is 1. The van der Waals surface area contributed by atoms with Gasteiger partial charge < -0.3 is 24.7 Å². The average molecular weight is 412 g/mol. The van der Waals surface area contributed by atoms with Crippen LogP contribution in [0.15, 0.2) is 52.7 Å². The number of hydrogen-bond acceptors (Lipinski definition) is 7. The molecule has 0 aliphatic carbocycles. The highest BCUT2D eigenvalue weighted by atomic mass is 16.5. The largest absolute Gasteiger partial charge is 0.497 e. The normalized spacial score (nSPS) is 11.5. The van der Waals surface area contributed by atoms with Crippen LogP contribution in [0.3, 0.4) is 0 Å². The number of nitrogens with one attached hydrogen (secondary N) is 1. The molecule has 0 saturated carbocycles. The third-order valence-corrected chi connectivity index (χ3v) is 3.85. The van der Waals surface area contributed by atoms with E-state index in [1.54, 1.807) is 37.5 Å². The Kier molecular flexibility index (Phi) is 8.25. The fourth-order valence-corrected chi connectivity index (χ4v) is 2.41. The molecule has 3 N–H and O–H groups in total. The van der Waals surface area contributed by atoms with Crippen LogP contribution in [-0.2, 0) is 4.79 Å². The fourth-order valence-electron chi connectivity index (χ4n) is 2.41. The smallest absolute Gasteiger partial charge is 0.250 e. The van der Waals surface area contributed by atoms with Gasteiger partial charge in [0, 0.05) is 11.6 Å². The summed E-state index contributed by atoms with van der Waals surface area (Å²) in [6, 6.07) is 10.6. The highest BCUT2D eigenvalue weighted by Gasteiger charge is 2.12. The maximum atomic E-state index is 11.9. The van der Waals surface area contributed by atoms with Crippen LogP contribution < -0.4 is 30.0 Å². The molecule has 9 nitrogen and oxygen atoms in total. The van der Waals surface area contributed by atoms with Crippen molar-refractivity contribution < 1.29 is 23.7 Å². The van der Waals surface area contributed by atoms with Crippen molar-refractivity contribution in [3.63, 3.8) is 0 Å². The van der Waals surface area contributed by atoms with Gasteiger partial charge in [-0.05, 0) is 35.9 Å². The molecule has 2 rings (SSSR count). The van der Waals surface area contributed by atoms with Crippen molar-refractivity contribution in [2.75, 3.05) is 28.4 Å². The third kappa shape index (κ3) is 6.26. The molecule has 0 aliphatic heterocycles. The number of ether oxygens (including phenoxy) is 4. The number of carbonyl (C=O) groups is 1. The zero-order chi connectivity index (χ0) is 21.9. The lowest BCUT2D eigenvalue weighted by atomic mass is 10.2. The SMILES string of the molecule is COc1ccc(/C=C/C(=O)N/C(N)=N/N=C\c2cc(OC)c(OC)c(OC)c2)cc1. The van der Waals surface area contributed by atoms with Crippen LogP contribution in [-0.4, -0.2) is 46.5 Å². The summed E-state index contributed by atoms with van der Waals surface area (Å²) in [6.45, 7) is 0. The van der Waals surface area contributed by atoms with Gasteiger partial charge in [-0.1, -0.05) is 12.1 Å². The molecular weight excluding hydrogens is 388 g/mol. The Labute approximate surface area is 174 Å². The topological polar surface area (TPSA) is 117 Å². The number of nitrogens with two attached hydrogens (primary N) is 1. The number of methoxy groups -OCH3 is 4. The number of hydrogen-bond donors (Lipinski definition) is 2. The van der Waals surface area contributed by atoms with Crippen molar-refractivity contribution in [1.82, 2.24) is 5.32 Å². The summed E-state index contributed by atoms with van der Waals surface area (Å²) in [6.07, 6.45) is 4.42. The molecule has 0 saturated heterocycles. The first kappa shape index (κ1) is 22.3. The van der Waals surface area contributed by atoms with Crippen LogP contribution in [0.5, 0.6) is 23.0 Å². The number of carbonyl (C=O) groups excluding carboxylic acids is 1. The Hall–Kier alpha value is -4.01. The van der Waals surface area contributed by atoms with Crippen molar-refractivity contribution in [3.8, 4) is 23.0 Å². The maximum Gasteiger partial charge on any atom is 0.250 e. The predicted molar refractivity (Wildman–Crippen MR) is 115 cm³/mol. The van der Waals surface area contributed by atoms with Crippen molar-refractivity contribution in [1.29, 1.82) is 0 Å². The van der Waals surface area contributed by atoms with Gasteiger partial charge in [0.1, 0.15) is 5.75 Å². The molecule has 0 spiro atoms. The van der Waals surface area contributed by atoms with Crippen molar-refractivity contribution in [2.45, 2.75) is 0 Å². The van der Waals surface area contributed by atoms with E-state index in [9.17, 15) is 4.79 Å². The molecule has 0 radical (unpaired) electrons. The molecular formula is C21H24N4O5. The van der Waals surface area contributed by atoms with Crippen molar-refractivity contribution in [3.05, 3.63) is 53.6 Å². The second-order valence-electron chi connectivity index (χ2n) is 5.78. The molecule has 2 aromatic rings. The van der Waals surface area contributed by atoms with Crippen LogP contribution >= 0.6 is 0 Å². The van der Waals surface area contributed by atoms with E-state index in [1.807, 2.05) is 12.1 Å². The Morgan fingerprint density at radius 1 is 0.933 bits per heavy atom. The minimum absolute atomic E-state index is 0.150. The van der Waals surface area contributed by atoms with Gasteiger partial charge in [0.2, 0.25) is 11.7 Å². The summed E-state index contributed by atoms with van der Waals surface area (Å²) < 4.78 is 20.9. The third-order valence-electron chi connectivity index (χ3n) is 3.85. The van der Waals surface area contributed by atoms with E-state index in [-0.39, 0.29) is 5.96 Å². The summed E-state index contributed by atoms with van der Waals surface area (Å²) in [5.41, 5.74) is 7.17. The number of rotatable bonds is 8. The number of benzene rings is 2. The average Bonchev–Trinajstić information content (AvgIpc) is 2.77. The minimum atomic E-state index is -0.435. The molecule has 2 aromatic carbocycles. The van der Waals surface area contributed by atoms with Crippen LogP contribution in [0.4, 0.5) is 0 Å². The summed E-state index contributed by atoms with van der Waals surface area (Å²) in [5.74, 6) is 1.58. The molecule has 1 amide bonds. The standard InChI is InChI=1S/C21H24N4O5/c1-27-16-8-5-14(6-9-16)7-10-19(26)24-21(22)25-23-13-15-11-17(28-2)20(30-4)18(12-15)29-3/h5-13H,1-4H3,(H3,22,24,25,26)/b10-7+,23-13-. The quantitative estimate of drug-likeness (QED) is 0.297. The first-order valence-corrected chi connectivity index (χ1v) is 8.80. The van der Waals surface area contributed by atoms with Gasteiger partial charge in [0.15, 0.2) is 11.5 Å². The molecule has 0 aromatic heterocycles. The summed E-state index contributed by atoms with van der Waals surface area (Å²) >= 11 is 0. The lowest BCUT2D eigenvalue weighted by Gasteiger charge is -2.12. The van der Waals surface area contributed by atoms with E-state index >= 15 is 0 Å². The van der Waals surface area contributed by atoms with E-state index in [0.717, 1.165) is 11.3 Å². The Morgan fingerprint density at radius 3 is 2.10 bits per heavy atom. The zero-order valence-corrected chi connectivity index (χ0v) is 17.2. The second-order valence-corrected chi connectivity index (χ2v) is 5.78. The van der Waals surface area contributed by atoms with Gasteiger partial charge in [-0.3, -0.25) is 10.1 Å². The molecule has 0 unspecified atom stereocenters. The Balaban J connectivity index is 2.01. The lowest BCUT2D eigenvalue weighted by molar-refractivity contribution is -0.115. The van der Waals surface area contributed by atoms with Gasteiger partial charge in [-0.15, -0.1) is 5.10 Å². The van der Waals surface area contributed by atoms with Crippen LogP contribution in [0.25, 0.3) is 6.08 Å². The molecule has 0 atom stereocenters. The van der Waals surface area contributed by atoms with Gasteiger partial charge in [0.25, 0.3) is 5.91 Å². The van der Waals surface area contributed by atoms with Crippen LogP contribution in [0.1, 0.15) is 11.1 Å². The van der Waals surface area contributed by atoms with E-state index < -0.39 is 5.91 Å². The summed E-state index contributed by atoms with van der Waals surface area (Å²) in [7, 11) is 6.14. The molecule has 0 fully saturated rings.